The Morgan fingerprint density at radius 1 is 1.27 bits per heavy atom. The first-order valence-corrected chi connectivity index (χ1v) is 14.0. The Balaban J connectivity index is 1.30. The van der Waals surface area contributed by atoms with Crippen LogP contribution in [0.5, 0.6) is 0 Å². The number of pyridine rings is 1. The number of halogens is 3. The van der Waals surface area contributed by atoms with Gasteiger partial charge in [-0.05, 0) is 57.3 Å². The number of imidazole rings is 1. The summed E-state index contributed by atoms with van der Waals surface area (Å²) >= 11 is -0.209. The predicted molar refractivity (Wildman–Crippen MR) is 148 cm³/mol. The van der Waals surface area contributed by atoms with Crippen molar-refractivity contribution in [3.8, 4) is 11.8 Å². The molecule has 1 saturated heterocycles. The van der Waals surface area contributed by atoms with Crippen LogP contribution in [0, 0.1) is 17.8 Å². The molecule has 0 saturated carbocycles. The van der Waals surface area contributed by atoms with Gasteiger partial charge in [0.2, 0.25) is 0 Å². The topological polar surface area (TPSA) is 106 Å². The molecule has 0 amide bonds. The first-order chi connectivity index (χ1) is 19.6. The maximum atomic E-state index is 13.3. The molecule has 222 valence electrons. The lowest BCUT2D eigenvalue weighted by molar-refractivity contribution is -0.0330. The second-order valence-electron chi connectivity index (χ2n) is 9.68. The number of nitrogens with one attached hydrogen (secondary N) is 1. The van der Waals surface area contributed by atoms with Crippen molar-refractivity contribution in [3.05, 3.63) is 42.0 Å². The number of piperidine rings is 1. The number of rotatable bonds is 13. The zero-order chi connectivity index (χ0) is 29.4. The van der Waals surface area contributed by atoms with Crippen LogP contribution in [0.4, 0.5) is 18.9 Å². The van der Waals surface area contributed by atoms with E-state index in [0.717, 1.165) is 25.9 Å². The van der Waals surface area contributed by atoms with Gasteiger partial charge in [0.25, 0.3) is 0 Å². The van der Waals surface area contributed by atoms with Crippen LogP contribution in [0.2, 0.25) is 0 Å². The molecule has 0 spiro atoms. The molecule has 1 aliphatic rings. The summed E-state index contributed by atoms with van der Waals surface area (Å²) in [7, 11) is 2.07. The Hall–Kier alpha value is -3.25. The van der Waals surface area contributed by atoms with Crippen molar-refractivity contribution in [2.45, 2.75) is 42.9 Å². The third-order valence-corrected chi connectivity index (χ3v) is 7.50. The first-order valence-electron chi connectivity index (χ1n) is 13.2. The van der Waals surface area contributed by atoms with E-state index >= 15 is 0 Å². The standard InChI is InChI=1S/C27H33F3N6O4S/c1-3-5-23-25(41-27(28,29)30)36-9-4-6-22(24(36)33-23)32-21-7-10-34(2)17-19(21)8-12-39-14-15-40-13-11-35-18-20(16-31-35)26(37)38/h4,6,9,16,18-19,21,32H,7-8,10-15,17H2,1-2H3,(H,37,38). The van der Waals surface area contributed by atoms with E-state index < -0.39 is 11.5 Å². The Labute approximate surface area is 240 Å². The van der Waals surface area contributed by atoms with Crippen LogP contribution in [-0.2, 0) is 16.0 Å². The molecule has 3 aromatic rings. The average molecular weight is 595 g/mol. The number of ether oxygens (including phenoxy) is 2. The maximum absolute atomic E-state index is 13.3. The van der Waals surface area contributed by atoms with E-state index in [1.165, 1.54) is 21.5 Å². The number of fused-ring (bicyclic) bond motifs is 1. The molecule has 0 bridgehead atoms. The Morgan fingerprint density at radius 3 is 2.76 bits per heavy atom. The minimum absolute atomic E-state index is 0.0457. The molecule has 1 aliphatic heterocycles. The van der Waals surface area contributed by atoms with E-state index in [9.17, 15) is 18.0 Å². The van der Waals surface area contributed by atoms with Gasteiger partial charge in [-0.15, -0.1) is 0 Å². The highest BCUT2D eigenvalue weighted by Crippen LogP contribution is 2.39. The summed E-state index contributed by atoms with van der Waals surface area (Å²) in [6.07, 6.45) is 6.00. The van der Waals surface area contributed by atoms with Gasteiger partial charge in [0.05, 0.1) is 43.8 Å². The van der Waals surface area contributed by atoms with Gasteiger partial charge in [-0.1, -0.05) is 5.92 Å². The molecule has 14 heteroatoms. The van der Waals surface area contributed by atoms with E-state index in [1.807, 2.05) is 6.07 Å². The highest BCUT2D eigenvalue weighted by molar-refractivity contribution is 8.00. The normalized spacial score (nSPS) is 17.9. The number of aromatic nitrogens is 4. The van der Waals surface area contributed by atoms with Gasteiger partial charge in [0, 0.05) is 43.3 Å². The lowest BCUT2D eigenvalue weighted by Crippen LogP contribution is -2.45. The van der Waals surface area contributed by atoms with Crippen molar-refractivity contribution < 1.29 is 32.5 Å². The Kier molecular flexibility index (Phi) is 10.5. The summed E-state index contributed by atoms with van der Waals surface area (Å²) in [5.74, 6) is 4.61. The van der Waals surface area contributed by atoms with Crippen molar-refractivity contribution in [1.82, 2.24) is 24.1 Å². The quantitative estimate of drug-likeness (QED) is 0.172. The molecule has 4 heterocycles. The van der Waals surface area contributed by atoms with Gasteiger partial charge < -0.3 is 24.8 Å². The van der Waals surface area contributed by atoms with Crippen molar-refractivity contribution in [2.24, 2.45) is 5.92 Å². The fraction of sp³-hybridized carbons (Fsp3) is 0.519. The minimum Gasteiger partial charge on any atom is -0.478 e. The van der Waals surface area contributed by atoms with Crippen LogP contribution in [0.3, 0.4) is 0 Å². The van der Waals surface area contributed by atoms with E-state index in [2.05, 4.69) is 39.2 Å². The molecule has 2 unspecified atom stereocenters. The smallest absolute Gasteiger partial charge is 0.447 e. The minimum atomic E-state index is -4.46. The van der Waals surface area contributed by atoms with E-state index in [0.29, 0.717) is 44.3 Å². The molecule has 0 aromatic carbocycles. The molecule has 2 N–H and O–H groups in total. The number of carboxylic acid groups (broad SMARTS) is 1. The van der Waals surface area contributed by atoms with Crippen LogP contribution in [0.25, 0.3) is 5.65 Å². The van der Waals surface area contributed by atoms with Crippen molar-refractivity contribution >= 4 is 29.1 Å². The summed E-state index contributed by atoms with van der Waals surface area (Å²) in [5.41, 5.74) is -3.13. The molecule has 3 aromatic heterocycles. The number of nitrogens with zero attached hydrogens (tertiary/aromatic N) is 5. The van der Waals surface area contributed by atoms with Crippen molar-refractivity contribution in [2.75, 3.05) is 51.9 Å². The molecule has 2 atom stereocenters. The molecule has 10 nitrogen and oxygen atoms in total. The summed E-state index contributed by atoms with van der Waals surface area (Å²) in [6.45, 7) is 5.53. The molecular formula is C27H33F3N6O4S. The van der Waals surface area contributed by atoms with E-state index in [4.69, 9.17) is 14.6 Å². The van der Waals surface area contributed by atoms with E-state index in [1.54, 1.807) is 19.2 Å². The molecule has 4 rings (SSSR count). The molecular weight excluding hydrogens is 561 g/mol. The predicted octanol–water partition coefficient (Wildman–Crippen LogP) is 4.07. The van der Waals surface area contributed by atoms with Crippen molar-refractivity contribution in [1.29, 1.82) is 0 Å². The maximum Gasteiger partial charge on any atom is 0.447 e. The zero-order valence-corrected chi connectivity index (χ0v) is 23.7. The first kappa shape index (κ1) is 30.7. The highest BCUT2D eigenvalue weighted by atomic mass is 32.2. The van der Waals surface area contributed by atoms with E-state index in [-0.39, 0.29) is 40.0 Å². The van der Waals surface area contributed by atoms with Gasteiger partial charge in [0.15, 0.2) is 5.65 Å². The van der Waals surface area contributed by atoms with Gasteiger partial charge >= 0.3 is 11.5 Å². The molecule has 0 radical (unpaired) electrons. The number of thioether (sulfide) groups is 1. The van der Waals surface area contributed by atoms with Crippen LogP contribution >= 0.6 is 11.8 Å². The molecule has 41 heavy (non-hydrogen) atoms. The number of hydrogen-bond acceptors (Lipinski definition) is 8. The fourth-order valence-electron chi connectivity index (χ4n) is 4.77. The Bertz CT molecular complexity index is 1380. The number of anilines is 1. The third-order valence-electron chi connectivity index (χ3n) is 6.69. The second-order valence-corrected chi connectivity index (χ2v) is 10.7. The lowest BCUT2D eigenvalue weighted by Gasteiger charge is -2.37. The van der Waals surface area contributed by atoms with Crippen LogP contribution in [-0.4, -0.2) is 93.3 Å². The van der Waals surface area contributed by atoms with Gasteiger partial charge in [-0.2, -0.15) is 18.3 Å². The number of alkyl halides is 3. The number of hydrogen-bond donors (Lipinski definition) is 2. The van der Waals surface area contributed by atoms with Gasteiger partial charge in [0.1, 0.15) is 10.7 Å². The molecule has 1 fully saturated rings. The summed E-state index contributed by atoms with van der Waals surface area (Å²) in [5, 5.41) is 16.4. The summed E-state index contributed by atoms with van der Waals surface area (Å²) in [4.78, 5) is 17.6. The fourth-order valence-corrected chi connectivity index (χ4v) is 5.43. The van der Waals surface area contributed by atoms with Gasteiger partial charge in [-0.25, -0.2) is 9.78 Å². The van der Waals surface area contributed by atoms with Gasteiger partial charge in [-0.3, -0.25) is 9.08 Å². The zero-order valence-electron chi connectivity index (χ0n) is 22.9. The van der Waals surface area contributed by atoms with Crippen molar-refractivity contribution in [3.63, 3.8) is 0 Å². The van der Waals surface area contributed by atoms with Crippen LogP contribution < -0.4 is 5.32 Å². The average Bonchev–Trinajstić information content (AvgIpc) is 3.52. The SMILES string of the molecule is CC#Cc1nc2c(NC3CCN(C)CC3CCOCCOCCn3cc(C(=O)O)cn3)cccn2c1SC(F)(F)F. The molecule has 0 aliphatic carbocycles. The van der Waals surface area contributed by atoms with Crippen LogP contribution in [0.1, 0.15) is 35.8 Å². The lowest BCUT2D eigenvalue weighted by atomic mass is 9.89. The third kappa shape index (κ3) is 8.62. The number of aromatic carboxylic acids is 1. The largest absolute Gasteiger partial charge is 0.478 e. The number of likely N-dealkylation sites (tertiary alicyclic amines) is 1. The monoisotopic (exact) mass is 594 g/mol. The Morgan fingerprint density at radius 2 is 2.05 bits per heavy atom. The van der Waals surface area contributed by atoms with Crippen LogP contribution in [0.15, 0.2) is 35.7 Å². The summed E-state index contributed by atoms with van der Waals surface area (Å²) in [6, 6.07) is 3.64. The highest BCUT2D eigenvalue weighted by Gasteiger charge is 2.33. The number of carbonyl (C=O) groups is 1. The summed E-state index contributed by atoms with van der Waals surface area (Å²) < 4.78 is 54.2. The number of carboxylic acids is 1. The second kappa shape index (κ2) is 14.1.